The molecule has 0 spiro atoms. The van der Waals surface area contributed by atoms with Crippen LogP contribution in [0.4, 0.5) is 0 Å². The van der Waals surface area contributed by atoms with Crippen molar-refractivity contribution >= 4 is 44.5 Å². The second-order valence-electron chi connectivity index (χ2n) is 5.51. The maximum atomic E-state index is 12.2. The Morgan fingerprint density at radius 1 is 1.00 bits per heavy atom. The van der Waals surface area contributed by atoms with Crippen molar-refractivity contribution in [2.75, 3.05) is 6.61 Å². The zero-order valence-corrected chi connectivity index (χ0v) is 15.8. The van der Waals surface area contributed by atoms with Crippen molar-refractivity contribution in [2.24, 2.45) is 0 Å². The first-order chi connectivity index (χ1) is 13.5. The molecule has 0 aliphatic carbocycles. The second kappa shape index (κ2) is 8.44. The van der Waals surface area contributed by atoms with Gasteiger partial charge in [0.1, 0.15) is 0 Å². The van der Waals surface area contributed by atoms with Crippen LogP contribution in [0.1, 0.15) is 20.8 Å². The van der Waals surface area contributed by atoms with Crippen molar-refractivity contribution in [1.82, 2.24) is 21.0 Å². The van der Waals surface area contributed by atoms with E-state index < -0.39 is 29.9 Å². The maximum absolute atomic E-state index is 12.2. The first-order valence-corrected chi connectivity index (χ1v) is 8.75. The van der Waals surface area contributed by atoms with Crippen LogP contribution < -0.4 is 16.4 Å². The monoisotopic (exact) mass is 444 g/mol. The van der Waals surface area contributed by atoms with Gasteiger partial charge < -0.3 is 4.74 Å². The van der Waals surface area contributed by atoms with E-state index in [1.54, 1.807) is 42.5 Å². The number of aromatic amines is 1. The summed E-state index contributed by atoms with van der Waals surface area (Å²) in [5.41, 5.74) is 4.12. The molecule has 0 unspecified atom stereocenters. The van der Waals surface area contributed by atoms with Crippen LogP contribution in [0, 0.1) is 0 Å². The maximum Gasteiger partial charge on any atom is 0.359 e. The van der Waals surface area contributed by atoms with Gasteiger partial charge in [-0.15, -0.1) is 0 Å². The number of hydrogen-bond acceptors (Lipinski definition) is 6. The Kier molecular flexibility index (Phi) is 5.80. The fraction of sp³-hybridized carbons (Fsp3) is 0.0556. The normalized spacial score (nSPS) is 10.3. The summed E-state index contributed by atoms with van der Waals surface area (Å²) >= 11 is 3.23. The third-order valence-corrected chi connectivity index (χ3v) is 4.35. The Balaban J connectivity index is 1.59. The molecule has 0 aliphatic rings. The van der Waals surface area contributed by atoms with E-state index in [4.69, 9.17) is 4.74 Å². The molecule has 0 aliphatic heterocycles. The minimum Gasteiger partial charge on any atom is -0.451 e. The third kappa shape index (κ3) is 4.23. The van der Waals surface area contributed by atoms with Gasteiger partial charge in [0.15, 0.2) is 12.3 Å². The Labute approximate surface area is 166 Å². The Bertz CT molecular complexity index is 1130. The number of nitrogens with zero attached hydrogens (tertiary/aromatic N) is 1. The highest BCUT2D eigenvalue weighted by atomic mass is 79.9. The number of rotatable bonds is 4. The van der Waals surface area contributed by atoms with Crippen molar-refractivity contribution in [3.63, 3.8) is 0 Å². The first-order valence-electron chi connectivity index (χ1n) is 7.95. The summed E-state index contributed by atoms with van der Waals surface area (Å²) in [6.07, 6.45) is 0. The quantitative estimate of drug-likeness (QED) is 0.410. The highest BCUT2D eigenvalue weighted by molar-refractivity contribution is 9.10. The predicted molar refractivity (Wildman–Crippen MR) is 102 cm³/mol. The van der Waals surface area contributed by atoms with Crippen molar-refractivity contribution in [1.29, 1.82) is 0 Å². The molecule has 10 heteroatoms. The number of halogens is 1. The van der Waals surface area contributed by atoms with Gasteiger partial charge >= 0.3 is 5.97 Å². The van der Waals surface area contributed by atoms with E-state index in [1.165, 1.54) is 6.07 Å². The number of hydrazine groups is 1. The Morgan fingerprint density at radius 2 is 1.68 bits per heavy atom. The smallest absolute Gasteiger partial charge is 0.359 e. The summed E-state index contributed by atoms with van der Waals surface area (Å²) < 4.78 is 5.46. The lowest BCUT2D eigenvalue weighted by atomic mass is 10.1. The number of H-pyrrole nitrogens is 1. The molecule has 28 heavy (non-hydrogen) atoms. The average Bonchev–Trinajstić information content (AvgIpc) is 2.71. The second-order valence-corrected chi connectivity index (χ2v) is 6.36. The number of esters is 1. The van der Waals surface area contributed by atoms with Crippen molar-refractivity contribution in [3.05, 3.63) is 74.6 Å². The molecule has 0 atom stereocenters. The van der Waals surface area contributed by atoms with Crippen molar-refractivity contribution in [2.45, 2.75) is 0 Å². The van der Waals surface area contributed by atoms with Gasteiger partial charge in [0, 0.05) is 9.86 Å². The Hall–Kier alpha value is -3.53. The molecule has 0 bridgehead atoms. The number of fused-ring (bicyclic) bond motifs is 1. The molecule has 3 aromatic rings. The van der Waals surface area contributed by atoms with E-state index in [-0.39, 0.29) is 11.1 Å². The molecular weight excluding hydrogens is 432 g/mol. The first kappa shape index (κ1) is 19.2. The standard InChI is InChI=1S/C18H13BrN4O5/c19-13-8-4-3-7-12(13)17(26)22-20-14(24)9-28-18(27)15-10-5-1-2-6-11(10)16(25)23-21-15/h1-8H,9H2,(H,20,24)(H,22,26)(H,23,25). The van der Waals surface area contributed by atoms with Crippen LogP contribution in [0.15, 0.2) is 57.8 Å². The van der Waals surface area contributed by atoms with Crippen LogP contribution >= 0.6 is 15.9 Å². The highest BCUT2D eigenvalue weighted by Gasteiger charge is 2.17. The molecule has 142 valence electrons. The lowest BCUT2D eigenvalue weighted by Gasteiger charge is -2.09. The number of carbonyl (C=O) groups is 3. The average molecular weight is 445 g/mol. The molecule has 3 N–H and O–H groups in total. The number of amides is 2. The summed E-state index contributed by atoms with van der Waals surface area (Å²) in [6, 6.07) is 13.0. The third-order valence-electron chi connectivity index (χ3n) is 3.66. The van der Waals surface area contributed by atoms with Crippen LogP contribution in [-0.4, -0.2) is 34.6 Å². The molecule has 2 aromatic carbocycles. The molecule has 2 amide bonds. The fourth-order valence-corrected chi connectivity index (χ4v) is 2.81. The van der Waals surface area contributed by atoms with Gasteiger partial charge in [-0.2, -0.15) is 5.10 Å². The van der Waals surface area contributed by atoms with Gasteiger partial charge in [0.2, 0.25) is 0 Å². The zero-order chi connectivity index (χ0) is 20.1. The summed E-state index contributed by atoms with van der Waals surface area (Å²) in [7, 11) is 0. The lowest BCUT2D eigenvalue weighted by molar-refractivity contribution is -0.125. The topological polar surface area (TPSA) is 130 Å². The minimum atomic E-state index is -0.889. The minimum absolute atomic E-state index is 0.125. The number of aromatic nitrogens is 2. The molecule has 1 heterocycles. The van der Waals surface area contributed by atoms with E-state index in [1.807, 2.05) is 0 Å². The van der Waals surface area contributed by atoms with Gasteiger partial charge in [0.05, 0.1) is 10.9 Å². The molecule has 3 rings (SSSR count). The number of ether oxygens (including phenoxy) is 1. The van der Waals surface area contributed by atoms with Crippen LogP contribution in [-0.2, 0) is 9.53 Å². The van der Waals surface area contributed by atoms with E-state index in [9.17, 15) is 19.2 Å². The number of hydrogen-bond donors (Lipinski definition) is 3. The SMILES string of the molecule is O=C(COC(=O)c1n[nH]c(=O)c2ccccc12)NNC(=O)c1ccccc1Br. The molecule has 1 aromatic heterocycles. The van der Waals surface area contributed by atoms with Crippen molar-refractivity contribution < 1.29 is 19.1 Å². The van der Waals surface area contributed by atoms with Gasteiger partial charge in [-0.1, -0.05) is 30.3 Å². The van der Waals surface area contributed by atoms with Crippen LogP contribution in [0.3, 0.4) is 0 Å². The largest absolute Gasteiger partial charge is 0.451 e. The van der Waals surface area contributed by atoms with E-state index >= 15 is 0 Å². The van der Waals surface area contributed by atoms with E-state index in [0.717, 1.165) is 0 Å². The summed E-state index contributed by atoms with van der Waals surface area (Å²) in [6.45, 7) is -0.649. The molecule has 0 radical (unpaired) electrons. The van der Waals surface area contributed by atoms with Gasteiger partial charge in [-0.25, -0.2) is 9.89 Å². The number of benzene rings is 2. The van der Waals surface area contributed by atoms with E-state index in [0.29, 0.717) is 15.4 Å². The highest BCUT2D eigenvalue weighted by Crippen LogP contribution is 2.15. The van der Waals surface area contributed by atoms with Gasteiger partial charge in [-0.05, 0) is 34.1 Å². The predicted octanol–water partition coefficient (Wildman–Crippen LogP) is 1.30. The van der Waals surface area contributed by atoms with Gasteiger partial charge in [0.25, 0.3) is 17.4 Å². The number of nitrogens with one attached hydrogen (secondary N) is 3. The molecule has 0 saturated heterocycles. The molecule has 9 nitrogen and oxygen atoms in total. The molecule has 0 saturated carbocycles. The van der Waals surface area contributed by atoms with Crippen LogP contribution in [0.2, 0.25) is 0 Å². The van der Waals surface area contributed by atoms with Crippen LogP contribution in [0.5, 0.6) is 0 Å². The fourth-order valence-electron chi connectivity index (χ4n) is 2.35. The van der Waals surface area contributed by atoms with E-state index in [2.05, 4.69) is 37.0 Å². The molecular formula is C18H13BrN4O5. The summed E-state index contributed by atoms with van der Waals surface area (Å²) in [4.78, 5) is 47.8. The van der Waals surface area contributed by atoms with Crippen LogP contribution in [0.25, 0.3) is 10.8 Å². The Morgan fingerprint density at radius 3 is 2.43 bits per heavy atom. The van der Waals surface area contributed by atoms with Gasteiger partial charge in [-0.3, -0.25) is 25.2 Å². The molecule has 0 fully saturated rings. The van der Waals surface area contributed by atoms with Crippen molar-refractivity contribution in [3.8, 4) is 0 Å². The zero-order valence-electron chi connectivity index (χ0n) is 14.2. The lowest BCUT2D eigenvalue weighted by Crippen LogP contribution is -2.43. The number of carbonyl (C=O) groups excluding carboxylic acids is 3. The summed E-state index contributed by atoms with van der Waals surface area (Å²) in [5.74, 6) is -2.18. The summed E-state index contributed by atoms with van der Waals surface area (Å²) in [5, 5.41) is 6.47.